The van der Waals surface area contributed by atoms with Crippen LogP contribution in [0.1, 0.15) is 197 Å². The number of rotatable bonds is 20. The lowest BCUT2D eigenvalue weighted by molar-refractivity contribution is -0.117. The molecule has 0 spiro atoms. The average molecular weight is 1850 g/mol. The summed E-state index contributed by atoms with van der Waals surface area (Å²) in [6.07, 6.45) is 4.30. The maximum absolute atomic E-state index is 13.0. The van der Waals surface area contributed by atoms with Gasteiger partial charge < -0.3 is 0 Å². The highest BCUT2D eigenvalue weighted by Crippen LogP contribution is 2.46. The van der Waals surface area contributed by atoms with Crippen molar-refractivity contribution in [1.82, 2.24) is 49.8 Å². The molecule has 0 bridgehead atoms. The lowest BCUT2D eigenvalue weighted by Crippen LogP contribution is -2.22. The fraction of sp³-hybridized carbons (Fsp3) is 0.217. The molecule has 140 heavy (non-hydrogen) atoms. The van der Waals surface area contributed by atoms with Gasteiger partial charge in [0.25, 0.3) is 0 Å². The predicted molar refractivity (Wildman–Crippen MR) is 544 cm³/mol. The zero-order chi connectivity index (χ0) is 99.0. The Bertz CT molecular complexity index is 7500. The van der Waals surface area contributed by atoms with E-state index in [0.29, 0.717) is 128 Å². The van der Waals surface area contributed by atoms with Crippen LogP contribution in [-0.4, -0.2) is 103 Å². The molecule has 0 aliphatic carbocycles. The lowest BCUT2D eigenvalue weighted by Gasteiger charge is -2.19. The molecule has 5 amide bonds. The Labute approximate surface area is 813 Å². The van der Waals surface area contributed by atoms with Gasteiger partial charge in [0, 0.05) is 81.8 Å². The first-order valence-electron chi connectivity index (χ1n) is 46.8. The van der Waals surface area contributed by atoms with E-state index in [4.69, 9.17) is 15.0 Å². The molecular formula is C115H104N16O9. The molecule has 5 aliphatic heterocycles. The number of amides is 5. The summed E-state index contributed by atoms with van der Waals surface area (Å²) < 4.78 is 0. The fourth-order valence-electron chi connectivity index (χ4n) is 17.4. The Morgan fingerprint density at radius 2 is 0.507 bits per heavy atom. The van der Waals surface area contributed by atoms with Crippen LogP contribution in [0.5, 0.6) is 0 Å². The van der Waals surface area contributed by atoms with Crippen LogP contribution in [0.2, 0.25) is 0 Å². The van der Waals surface area contributed by atoms with Crippen molar-refractivity contribution < 1.29 is 43.2 Å². The van der Waals surface area contributed by atoms with E-state index >= 15 is 0 Å². The SMILES string of the molecule is CC(=O)c1nc(-c2ccc(C)cc2)nc2c1CC(=O)N2c1ccccc1C.CCC(=O)c1nc(-c2ccc(C)cc2)nc2c1CC(=O)N2c1ccccc1C.CCCC(=O)c1nc(-c2ccc(C)cc2)nc2c1CC(=O)N2c1ccccc1C.CCCCC(=O)c1nc(-c2ccc(C)cc2)nc2c1CC(=O)N2c1ccccc1C.Cc1ccc(-c2nc(C#N)c3c(n2)N(c2ccccc2C)C(=O)C3)cc1. The van der Waals surface area contributed by atoms with Crippen LogP contribution < -0.4 is 24.5 Å². The first-order valence-corrected chi connectivity index (χ1v) is 46.8. The number of hydrogen-bond donors (Lipinski definition) is 0. The largest absolute Gasteiger partial charge is 0.293 e. The molecule has 5 aliphatic rings. The smallest absolute Gasteiger partial charge is 0.237 e. The molecule has 698 valence electrons. The molecule has 0 atom stereocenters. The Morgan fingerprint density at radius 1 is 0.279 bits per heavy atom. The lowest BCUT2D eigenvalue weighted by atomic mass is 10.0. The minimum Gasteiger partial charge on any atom is -0.293 e. The van der Waals surface area contributed by atoms with Crippen molar-refractivity contribution in [2.45, 2.75) is 168 Å². The van der Waals surface area contributed by atoms with E-state index in [0.717, 1.165) is 131 Å². The second-order valence-electron chi connectivity index (χ2n) is 35.4. The number of nitrogens with zero attached hydrogens (tertiary/aromatic N) is 16. The zero-order valence-electron chi connectivity index (χ0n) is 80.7. The Morgan fingerprint density at radius 3 is 0.750 bits per heavy atom. The summed E-state index contributed by atoms with van der Waals surface area (Å²) in [4.78, 5) is 169. The van der Waals surface area contributed by atoms with Gasteiger partial charge in [-0.05, 0) is 140 Å². The molecular weight excluding hydrogens is 1750 g/mol. The van der Waals surface area contributed by atoms with Gasteiger partial charge in [-0.15, -0.1) is 0 Å². The molecule has 15 aromatic rings. The van der Waals surface area contributed by atoms with Crippen molar-refractivity contribution >= 4 is 110 Å². The standard InChI is InChI=1S/C25H25N3O2.C24H23N3O2.C23H21N3O2.C22H19N3O2.C21H16N4O/c1-4-5-10-21(29)23-19-15-22(30)28(20-9-7-6-8-17(20)3)25(19)27-24(26-23)18-13-11-16(2)12-14-18;1-4-7-20(28)22-18-14-21(29)27(19-9-6-5-8-16(19)3)24(18)26-23(25-22)17-12-10-15(2)11-13-17;1-4-19(27)21-17-13-20(28)26(18-8-6-5-7-15(18)3)23(17)25-22(24-21)16-11-9-14(2)10-12-16;1-13-8-10-16(11-9-13)21-23-20(15(3)26)17-12-19(27)25(22(17)24-21)18-7-5-4-6-14(18)2;1-13-7-9-15(10-8-13)20-23-17(12-22)16-11-19(26)25(21(16)24-20)18-6-4-3-5-14(18)2/h6-9,11-14H,4-5,10,15H2,1-3H3;5-6,8-13H,4,7,14H2,1-3H3;5-12H,4,13H2,1-3H3;4-11H,12H2,1-3H3;3-10H,11H2,1-2H3. The Balaban J connectivity index is 0.000000126. The number of unbranched alkanes of at least 4 members (excludes halogenated alkanes) is 1. The number of nitriles is 1. The van der Waals surface area contributed by atoms with Crippen LogP contribution in [0.4, 0.5) is 57.5 Å². The zero-order valence-corrected chi connectivity index (χ0v) is 80.7. The van der Waals surface area contributed by atoms with Crippen molar-refractivity contribution in [2.75, 3.05) is 24.5 Å². The number of carbonyl (C=O) groups excluding carboxylic acids is 9. The number of fused-ring (bicyclic) bond motifs is 5. The van der Waals surface area contributed by atoms with Crippen LogP contribution in [-0.2, 0) is 56.1 Å². The third kappa shape index (κ3) is 20.1. The normalized spacial score (nSPS) is 12.9. The number of aryl methyl sites for hydroxylation is 10. The quantitative estimate of drug-likeness (QED) is 0.0640. The molecule has 0 fully saturated rings. The predicted octanol–water partition coefficient (Wildman–Crippen LogP) is 22.9. The summed E-state index contributed by atoms with van der Waals surface area (Å²) in [5.74, 6) is 4.11. The van der Waals surface area contributed by atoms with Gasteiger partial charge in [-0.2, -0.15) is 5.26 Å². The van der Waals surface area contributed by atoms with E-state index in [9.17, 15) is 48.4 Å². The molecule has 0 saturated carbocycles. The summed E-state index contributed by atoms with van der Waals surface area (Å²) in [5.41, 5.74) is 23.4. The molecule has 0 unspecified atom stereocenters. The van der Waals surface area contributed by atoms with Crippen molar-refractivity contribution in [3.05, 3.63) is 355 Å². The number of aromatic nitrogens is 10. The topological polar surface area (TPSA) is 323 Å². The van der Waals surface area contributed by atoms with E-state index in [-0.39, 0.29) is 90.5 Å². The number of carbonyl (C=O) groups is 9. The van der Waals surface area contributed by atoms with E-state index in [1.165, 1.54) is 6.92 Å². The van der Waals surface area contributed by atoms with E-state index in [1.54, 1.807) is 31.4 Å². The molecule has 25 nitrogen and oxygen atoms in total. The van der Waals surface area contributed by atoms with Crippen molar-refractivity contribution in [2.24, 2.45) is 0 Å². The maximum atomic E-state index is 13.0. The van der Waals surface area contributed by atoms with Gasteiger partial charge in [0.15, 0.2) is 52.3 Å². The first kappa shape index (κ1) is 96.2. The Hall–Kier alpha value is -16.9. The van der Waals surface area contributed by atoms with Crippen molar-refractivity contribution in [1.29, 1.82) is 5.26 Å². The maximum Gasteiger partial charge on any atom is 0.237 e. The Kier molecular flexibility index (Phi) is 28.7. The molecule has 10 heterocycles. The summed E-state index contributed by atoms with van der Waals surface area (Å²) >= 11 is 0. The molecule has 10 aromatic carbocycles. The van der Waals surface area contributed by atoms with Crippen LogP contribution in [0.3, 0.4) is 0 Å². The number of para-hydroxylation sites is 5. The second-order valence-corrected chi connectivity index (χ2v) is 35.4. The first-order chi connectivity index (χ1) is 67.5. The van der Waals surface area contributed by atoms with E-state index < -0.39 is 0 Å². The van der Waals surface area contributed by atoms with Crippen molar-refractivity contribution in [3.8, 4) is 63.0 Å². The van der Waals surface area contributed by atoms with Crippen LogP contribution in [0, 0.1) is 80.6 Å². The second kappa shape index (κ2) is 41.8. The monoisotopic (exact) mass is 1850 g/mol. The number of Topliss-reactive ketones (excluding diaryl/α,β-unsaturated/α-hetero) is 4. The fourth-order valence-corrected chi connectivity index (χ4v) is 17.4. The van der Waals surface area contributed by atoms with Gasteiger partial charge in [0.2, 0.25) is 29.5 Å². The summed E-state index contributed by atoms with van der Waals surface area (Å²) in [7, 11) is 0. The third-order valence-electron chi connectivity index (χ3n) is 25.0. The molecule has 0 saturated heterocycles. The molecule has 25 heteroatoms. The minimum atomic E-state index is -0.165. The molecule has 0 radical (unpaired) electrons. The third-order valence-corrected chi connectivity index (χ3v) is 25.0. The highest BCUT2D eigenvalue weighted by Gasteiger charge is 2.42. The number of benzene rings is 10. The molecule has 20 rings (SSSR count). The van der Waals surface area contributed by atoms with Gasteiger partial charge >= 0.3 is 0 Å². The highest BCUT2D eigenvalue weighted by atomic mass is 16.2. The molecule has 0 N–H and O–H groups in total. The van der Waals surface area contributed by atoms with Gasteiger partial charge in [-0.1, -0.05) is 267 Å². The number of anilines is 10. The van der Waals surface area contributed by atoms with E-state index in [2.05, 4.69) is 47.9 Å². The molecule has 5 aromatic heterocycles. The summed E-state index contributed by atoms with van der Waals surface area (Å²) in [6.45, 7) is 27.2. The highest BCUT2D eigenvalue weighted by molar-refractivity contribution is 6.15. The van der Waals surface area contributed by atoms with Gasteiger partial charge in [0.1, 0.15) is 63.6 Å². The summed E-state index contributed by atoms with van der Waals surface area (Å²) in [6, 6.07) is 79.8. The van der Waals surface area contributed by atoms with Gasteiger partial charge in [-0.3, -0.25) is 67.7 Å². The van der Waals surface area contributed by atoms with E-state index in [1.807, 2.05) is 319 Å². The van der Waals surface area contributed by atoms with Crippen LogP contribution in [0.15, 0.2) is 243 Å². The average Bonchev–Trinajstić information content (AvgIpc) is 1.61. The summed E-state index contributed by atoms with van der Waals surface area (Å²) in [5, 5.41) is 9.54. The number of ketones is 4. The van der Waals surface area contributed by atoms with Crippen LogP contribution >= 0.6 is 0 Å². The van der Waals surface area contributed by atoms with Crippen LogP contribution in [0.25, 0.3) is 56.9 Å². The van der Waals surface area contributed by atoms with Gasteiger partial charge in [-0.25, -0.2) is 49.8 Å². The minimum absolute atomic E-state index is 0.0247. The van der Waals surface area contributed by atoms with Gasteiger partial charge in [0.05, 0.1) is 60.5 Å². The van der Waals surface area contributed by atoms with Crippen molar-refractivity contribution in [3.63, 3.8) is 0 Å². The number of hydrogen-bond acceptors (Lipinski definition) is 20.